The third-order valence-corrected chi connectivity index (χ3v) is 3.87. The summed E-state index contributed by atoms with van der Waals surface area (Å²) >= 11 is 0. The lowest BCUT2D eigenvalue weighted by Gasteiger charge is -2.14. The van der Waals surface area contributed by atoms with E-state index in [0.717, 1.165) is 6.07 Å². The van der Waals surface area contributed by atoms with Gasteiger partial charge in [0, 0.05) is 6.20 Å². The van der Waals surface area contributed by atoms with Gasteiger partial charge in [0.05, 0.1) is 41.5 Å². The van der Waals surface area contributed by atoms with Gasteiger partial charge in [0.1, 0.15) is 5.75 Å². The fourth-order valence-corrected chi connectivity index (χ4v) is 2.57. The fourth-order valence-electron chi connectivity index (χ4n) is 2.57. The molecule has 0 fully saturated rings. The maximum absolute atomic E-state index is 13.1. The topological polar surface area (TPSA) is 63.2 Å². The van der Waals surface area contributed by atoms with Gasteiger partial charge in [0.15, 0.2) is 0 Å². The average molecular weight is 387 g/mol. The van der Waals surface area contributed by atoms with E-state index in [1.807, 2.05) is 12.1 Å². The molecule has 8 heteroatoms. The number of pyridine rings is 1. The van der Waals surface area contributed by atoms with Gasteiger partial charge in [-0.2, -0.15) is 13.2 Å². The van der Waals surface area contributed by atoms with Crippen LogP contribution in [0.5, 0.6) is 5.75 Å². The van der Waals surface area contributed by atoms with Crippen molar-refractivity contribution in [3.63, 3.8) is 0 Å². The number of aromatic nitrogens is 1. The molecule has 0 aliphatic heterocycles. The Morgan fingerprint density at radius 1 is 1.00 bits per heavy atom. The highest BCUT2D eigenvalue weighted by atomic mass is 19.4. The number of hydrogen-bond acceptors (Lipinski definition) is 4. The lowest BCUT2D eigenvalue weighted by molar-refractivity contribution is -0.136. The molecule has 5 nitrogen and oxygen atoms in total. The molecule has 0 atom stereocenters. The Hall–Kier alpha value is -3.55. The second-order valence-electron chi connectivity index (χ2n) is 5.79. The van der Waals surface area contributed by atoms with Crippen molar-refractivity contribution in [3.8, 4) is 5.75 Å². The first-order valence-electron chi connectivity index (χ1n) is 8.21. The summed E-state index contributed by atoms with van der Waals surface area (Å²) in [5.74, 6) is -0.107. The molecular formula is C20H16F3N3O2. The lowest BCUT2D eigenvalue weighted by Crippen LogP contribution is -2.17. The summed E-state index contributed by atoms with van der Waals surface area (Å²) < 4.78 is 44.5. The van der Waals surface area contributed by atoms with Gasteiger partial charge in [-0.3, -0.25) is 9.78 Å². The van der Waals surface area contributed by atoms with Crippen molar-refractivity contribution in [2.75, 3.05) is 17.7 Å². The summed E-state index contributed by atoms with van der Waals surface area (Å²) in [5.41, 5.74) is 0.0209. The normalized spacial score (nSPS) is 11.0. The van der Waals surface area contributed by atoms with Gasteiger partial charge in [-0.05, 0) is 30.3 Å². The molecule has 0 saturated carbocycles. The van der Waals surface area contributed by atoms with Crippen LogP contribution < -0.4 is 15.4 Å². The number of methoxy groups -OCH3 is 1. The maximum Gasteiger partial charge on any atom is 0.418 e. The summed E-state index contributed by atoms with van der Waals surface area (Å²) in [7, 11) is 1.53. The molecule has 28 heavy (non-hydrogen) atoms. The summed E-state index contributed by atoms with van der Waals surface area (Å²) in [4.78, 5) is 16.4. The SMILES string of the molecule is COc1ccccc1Nc1cncc(C(=O)Nc2ccccc2C(F)(F)F)c1. The number of carbonyl (C=O) groups excluding carboxylic acids is 1. The quantitative estimate of drug-likeness (QED) is 0.639. The van der Waals surface area contributed by atoms with Crippen LogP contribution in [0.1, 0.15) is 15.9 Å². The number of halogens is 3. The smallest absolute Gasteiger partial charge is 0.418 e. The first kappa shape index (κ1) is 19.2. The van der Waals surface area contributed by atoms with Crippen LogP contribution in [0.4, 0.5) is 30.2 Å². The lowest BCUT2D eigenvalue weighted by atomic mass is 10.1. The second kappa shape index (κ2) is 7.99. The Morgan fingerprint density at radius 3 is 2.39 bits per heavy atom. The molecule has 1 aromatic heterocycles. The minimum Gasteiger partial charge on any atom is -0.495 e. The number of ether oxygens (including phenoxy) is 1. The second-order valence-corrected chi connectivity index (χ2v) is 5.79. The molecule has 1 heterocycles. The van der Waals surface area contributed by atoms with Crippen molar-refractivity contribution in [2.45, 2.75) is 6.18 Å². The highest BCUT2D eigenvalue weighted by Gasteiger charge is 2.33. The van der Waals surface area contributed by atoms with E-state index in [1.54, 1.807) is 12.1 Å². The van der Waals surface area contributed by atoms with Crippen LogP contribution in [0.25, 0.3) is 0 Å². The van der Waals surface area contributed by atoms with Crippen molar-refractivity contribution >= 4 is 23.0 Å². The molecule has 0 radical (unpaired) electrons. The van der Waals surface area contributed by atoms with Crippen LogP contribution in [0.15, 0.2) is 67.0 Å². The molecule has 0 aliphatic carbocycles. The first-order valence-corrected chi connectivity index (χ1v) is 8.21. The van der Waals surface area contributed by atoms with Gasteiger partial charge in [-0.1, -0.05) is 24.3 Å². The third-order valence-electron chi connectivity index (χ3n) is 3.87. The largest absolute Gasteiger partial charge is 0.495 e. The zero-order valence-electron chi connectivity index (χ0n) is 14.7. The third kappa shape index (κ3) is 4.40. The number of rotatable bonds is 5. The van der Waals surface area contributed by atoms with Crippen LogP contribution in [-0.4, -0.2) is 18.0 Å². The van der Waals surface area contributed by atoms with Gasteiger partial charge in [-0.25, -0.2) is 0 Å². The van der Waals surface area contributed by atoms with Crippen LogP contribution in [0.2, 0.25) is 0 Å². The van der Waals surface area contributed by atoms with Crippen LogP contribution in [-0.2, 0) is 6.18 Å². The van der Waals surface area contributed by atoms with Crippen LogP contribution in [0.3, 0.4) is 0 Å². The summed E-state index contributed by atoms with van der Waals surface area (Å²) in [6.07, 6.45) is -1.80. The summed E-state index contributed by atoms with van der Waals surface area (Å²) in [5, 5.41) is 5.37. The minimum absolute atomic E-state index is 0.108. The number of nitrogens with one attached hydrogen (secondary N) is 2. The number of amides is 1. The van der Waals surface area contributed by atoms with Crippen molar-refractivity contribution in [1.29, 1.82) is 0 Å². The van der Waals surface area contributed by atoms with E-state index < -0.39 is 17.6 Å². The van der Waals surface area contributed by atoms with Gasteiger partial charge < -0.3 is 15.4 Å². The summed E-state index contributed by atoms with van der Waals surface area (Å²) in [6.45, 7) is 0. The number of para-hydroxylation sites is 3. The van der Waals surface area contributed by atoms with Gasteiger partial charge in [0.2, 0.25) is 0 Å². The predicted molar refractivity (Wildman–Crippen MR) is 99.9 cm³/mol. The van der Waals surface area contributed by atoms with E-state index in [2.05, 4.69) is 15.6 Å². The Balaban J connectivity index is 1.82. The van der Waals surface area contributed by atoms with Crippen molar-refractivity contribution in [2.24, 2.45) is 0 Å². The zero-order chi connectivity index (χ0) is 20.1. The number of carbonyl (C=O) groups is 1. The maximum atomic E-state index is 13.1. The van der Waals surface area contributed by atoms with Crippen molar-refractivity contribution in [3.05, 3.63) is 78.1 Å². The first-order chi connectivity index (χ1) is 13.4. The van der Waals surface area contributed by atoms with Gasteiger partial charge in [0.25, 0.3) is 5.91 Å². The van der Waals surface area contributed by atoms with E-state index in [0.29, 0.717) is 17.1 Å². The molecule has 3 rings (SSSR count). The van der Waals surface area contributed by atoms with E-state index in [1.165, 1.54) is 43.8 Å². The van der Waals surface area contributed by atoms with E-state index in [-0.39, 0.29) is 11.3 Å². The van der Waals surface area contributed by atoms with Gasteiger partial charge >= 0.3 is 6.18 Å². The Bertz CT molecular complexity index is 990. The monoisotopic (exact) mass is 387 g/mol. The molecule has 0 bridgehead atoms. The number of hydrogen-bond donors (Lipinski definition) is 2. The van der Waals surface area contributed by atoms with Crippen LogP contribution in [0, 0.1) is 0 Å². The molecule has 2 aromatic carbocycles. The molecule has 0 saturated heterocycles. The molecule has 0 spiro atoms. The highest BCUT2D eigenvalue weighted by molar-refractivity contribution is 6.05. The molecule has 0 aliphatic rings. The van der Waals surface area contributed by atoms with E-state index >= 15 is 0 Å². The zero-order valence-corrected chi connectivity index (χ0v) is 14.7. The predicted octanol–water partition coefficient (Wildman–Crippen LogP) is 5.10. The molecule has 0 unspecified atom stereocenters. The highest BCUT2D eigenvalue weighted by Crippen LogP contribution is 2.34. The van der Waals surface area contributed by atoms with Crippen LogP contribution >= 0.6 is 0 Å². The van der Waals surface area contributed by atoms with Crippen molar-refractivity contribution in [1.82, 2.24) is 4.98 Å². The average Bonchev–Trinajstić information content (AvgIpc) is 2.68. The molecular weight excluding hydrogens is 371 g/mol. The number of benzene rings is 2. The van der Waals surface area contributed by atoms with Gasteiger partial charge in [-0.15, -0.1) is 0 Å². The molecule has 144 valence electrons. The fraction of sp³-hybridized carbons (Fsp3) is 0.100. The number of alkyl halides is 3. The summed E-state index contributed by atoms with van der Waals surface area (Å²) in [6, 6.07) is 13.4. The molecule has 2 N–H and O–H groups in total. The Labute approximate surface area is 159 Å². The van der Waals surface area contributed by atoms with E-state index in [9.17, 15) is 18.0 Å². The standard InChI is InChI=1S/C20H16F3N3O2/c1-28-18-9-5-4-8-17(18)25-14-10-13(11-24-12-14)19(27)26-16-7-3-2-6-15(16)20(21,22)23/h2-12,25H,1H3,(H,26,27). The van der Waals surface area contributed by atoms with E-state index in [4.69, 9.17) is 4.74 Å². The Morgan fingerprint density at radius 2 is 1.68 bits per heavy atom. The molecule has 3 aromatic rings. The number of nitrogens with zero attached hydrogens (tertiary/aromatic N) is 1. The minimum atomic E-state index is -4.57. The molecule has 1 amide bonds. The Kier molecular flexibility index (Phi) is 5.49. The number of anilines is 3. The van der Waals surface area contributed by atoms with Crippen molar-refractivity contribution < 1.29 is 22.7 Å².